The van der Waals surface area contributed by atoms with Gasteiger partial charge in [0.05, 0.1) is 19.8 Å². The van der Waals surface area contributed by atoms with Crippen molar-refractivity contribution in [2.75, 3.05) is 20.8 Å². The second-order valence-corrected chi connectivity index (χ2v) is 6.75. The summed E-state index contributed by atoms with van der Waals surface area (Å²) in [6.07, 6.45) is -3.35. The molecule has 7 nitrogen and oxygen atoms in total. The normalized spacial score (nSPS) is 26.7. The summed E-state index contributed by atoms with van der Waals surface area (Å²) in [6.45, 7) is 0.948. The van der Waals surface area contributed by atoms with Crippen molar-refractivity contribution in [1.29, 1.82) is 0 Å². The Hall–Kier alpha value is -1.84. The summed E-state index contributed by atoms with van der Waals surface area (Å²) in [5, 5.41) is 10.9. The van der Waals surface area contributed by atoms with E-state index in [2.05, 4.69) is 0 Å². The van der Waals surface area contributed by atoms with Gasteiger partial charge in [0, 0.05) is 14.2 Å². The molecule has 1 aliphatic heterocycles. The number of benzene rings is 2. The first kappa shape index (κ1) is 23.4. The van der Waals surface area contributed by atoms with Gasteiger partial charge in [-0.25, -0.2) is 0 Å². The quantitative estimate of drug-likeness (QED) is 0.681. The zero-order chi connectivity index (χ0) is 19.8. The lowest BCUT2D eigenvalue weighted by Crippen LogP contribution is -2.60. The monoisotopic (exact) mass is 406 g/mol. The van der Waals surface area contributed by atoms with Gasteiger partial charge in [-0.3, -0.25) is 0 Å². The molecule has 3 N–H and O–H groups in total. The predicted molar refractivity (Wildman–Crippen MR) is 107 cm³/mol. The maximum absolute atomic E-state index is 10.9. The average molecular weight is 406 g/mol. The predicted octanol–water partition coefficient (Wildman–Crippen LogP) is 1.71. The smallest absolute Gasteiger partial charge is 0.186 e. The van der Waals surface area contributed by atoms with Crippen molar-refractivity contribution in [2.24, 2.45) is 0 Å². The van der Waals surface area contributed by atoms with Crippen molar-refractivity contribution in [3.63, 3.8) is 0 Å². The second kappa shape index (κ2) is 12.0. The Kier molecular flexibility index (Phi) is 9.69. The van der Waals surface area contributed by atoms with Crippen molar-refractivity contribution in [3.8, 4) is 0 Å². The lowest BCUT2D eigenvalue weighted by atomic mass is 9.98. The highest BCUT2D eigenvalue weighted by molar-refractivity contribution is 5.14. The van der Waals surface area contributed by atoms with Crippen LogP contribution in [0.4, 0.5) is 0 Å². The Morgan fingerprint density at radius 3 is 1.83 bits per heavy atom. The molecule has 0 amide bonds. The third-order valence-electron chi connectivity index (χ3n) is 4.75. The fourth-order valence-electron chi connectivity index (χ4n) is 3.28. The van der Waals surface area contributed by atoms with Crippen LogP contribution in [0.25, 0.3) is 0 Å². The van der Waals surface area contributed by atoms with Gasteiger partial charge in [-0.2, -0.15) is 0 Å². The van der Waals surface area contributed by atoms with Crippen LogP contribution in [0, 0.1) is 0 Å². The SMILES string of the molecule is COCC1O[C@@H](OC)[C@@H](OCc2ccccc2)[C@@H](OCc2ccccc2)C1O.O. The Bertz CT molecular complexity index is 682. The van der Waals surface area contributed by atoms with Crippen LogP contribution in [0.3, 0.4) is 0 Å². The molecule has 1 fully saturated rings. The molecule has 0 aliphatic carbocycles. The Morgan fingerprint density at radius 1 is 0.828 bits per heavy atom. The lowest BCUT2D eigenvalue weighted by Gasteiger charge is -2.43. The zero-order valence-electron chi connectivity index (χ0n) is 16.8. The van der Waals surface area contributed by atoms with Gasteiger partial charge in [0.1, 0.15) is 24.4 Å². The van der Waals surface area contributed by atoms with E-state index in [1.165, 1.54) is 0 Å². The first-order valence-electron chi connectivity index (χ1n) is 9.39. The number of rotatable bonds is 9. The number of hydrogen-bond donors (Lipinski definition) is 1. The van der Waals surface area contributed by atoms with Gasteiger partial charge < -0.3 is 34.3 Å². The van der Waals surface area contributed by atoms with Crippen molar-refractivity contribution in [1.82, 2.24) is 0 Å². The van der Waals surface area contributed by atoms with Crippen LogP contribution in [-0.4, -0.2) is 62.1 Å². The number of ether oxygens (including phenoxy) is 5. The van der Waals surface area contributed by atoms with Gasteiger partial charge in [-0.1, -0.05) is 60.7 Å². The van der Waals surface area contributed by atoms with E-state index in [0.29, 0.717) is 13.2 Å². The second-order valence-electron chi connectivity index (χ2n) is 6.75. The van der Waals surface area contributed by atoms with Gasteiger partial charge in [0.15, 0.2) is 6.29 Å². The Balaban J connectivity index is 0.00000300. The molecule has 0 radical (unpaired) electrons. The summed E-state index contributed by atoms with van der Waals surface area (Å²) in [5.74, 6) is 0. The standard InChI is InChI=1S/C22H28O6.H2O/c1-24-15-18-19(23)20(26-13-16-9-5-3-6-10-16)21(22(25-2)28-18)27-14-17-11-7-4-8-12-17;/h3-12,18-23H,13-15H2,1-2H3;1H2/t18?,19?,20-,21-,22+;/m0./s1. The molecule has 2 aromatic rings. The molecule has 7 heteroatoms. The van der Waals surface area contributed by atoms with E-state index in [9.17, 15) is 5.11 Å². The minimum Gasteiger partial charge on any atom is -0.412 e. The van der Waals surface area contributed by atoms with Crippen molar-refractivity contribution >= 4 is 0 Å². The first-order chi connectivity index (χ1) is 13.7. The average Bonchev–Trinajstić information content (AvgIpc) is 2.74. The molecule has 3 rings (SSSR count). The van der Waals surface area contributed by atoms with Gasteiger partial charge in [0.2, 0.25) is 0 Å². The van der Waals surface area contributed by atoms with E-state index in [0.717, 1.165) is 11.1 Å². The summed E-state index contributed by atoms with van der Waals surface area (Å²) < 4.78 is 28.8. The van der Waals surface area contributed by atoms with Gasteiger partial charge in [0.25, 0.3) is 0 Å². The van der Waals surface area contributed by atoms with Crippen molar-refractivity contribution in [2.45, 2.75) is 43.9 Å². The van der Waals surface area contributed by atoms with E-state index in [4.69, 9.17) is 23.7 Å². The van der Waals surface area contributed by atoms with E-state index in [1.54, 1.807) is 14.2 Å². The van der Waals surface area contributed by atoms with Crippen LogP contribution in [0.1, 0.15) is 11.1 Å². The fraction of sp³-hybridized carbons (Fsp3) is 0.455. The summed E-state index contributed by atoms with van der Waals surface area (Å²) >= 11 is 0. The highest BCUT2D eigenvalue weighted by Gasteiger charge is 2.47. The van der Waals surface area contributed by atoms with E-state index in [1.807, 2.05) is 60.7 Å². The molecular weight excluding hydrogens is 376 g/mol. The molecule has 2 aromatic carbocycles. The summed E-state index contributed by atoms with van der Waals surface area (Å²) in [6, 6.07) is 19.6. The molecule has 0 bridgehead atoms. The minimum absolute atomic E-state index is 0. The van der Waals surface area contributed by atoms with Crippen LogP contribution in [0.15, 0.2) is 60.7 Å². The largest absolute Gasteiger partial charge is 0.412 e. The van der Waals surface area contributed by atoms with E-state index < -0.39 is 30.7 Å². The molecule has 1 aliphatic rings. The third-order valence-corrected chi connectivity index (χ3v) is 4.75. The van der Waals surface area contributed by atoms with Gasteiger partial charge in [-0.15, -0.1) is 0 Å². The molecule has 29 heavy (non-hydrogen) atoms. The van der Waals surface area contributed by atoms with Crippen LogP contribution in [0.5, 0.6) is 0 Å². The highest BCUT2D eigenvalue weighted by Crippen LogP contribution is 2.28. The van der Waals surface area contributed by atoms with Crippen LogP contribution >= 0.6 is 0 Å². The molecular formula is C22H30O7. The molecule has 5 atom stereocenters. The topological polar surface area (TPSA) is 97.9 Å². The van der Waals surface area contributed by atoms with Crippen molar-refractivity contribution < 1.29 is 34.3 Å². The Morgan fingerprint density at radius 2 is 1.34 bits per heavy atom. The zero-order valence-corrected chi connectivity index (χ0v) is 16.8. The summed E-state index contributed by atoms with van der Waals surface area (Å²) in [7, 11) is 3.12. The molecule has 0 spiro atoms. The number of hydrogen-bond acceptors (Lipinski definition) is 6. The molecule has 160 valence electrons. The maximum Gasteiger partial charge on any atom is 0.186 e. The van der Waals surface area contributed by atoms with Crippen LogP contribution < -0.4 is 0 Å². The molecule has 1 saturated heterocycles. The van der Waals surface area contributed by atoms with Crippen LogP contribution in [0.2, 0.25) is 0 Å². The fourth-order valence-corrected chi connectivity index (χ4v) is 3.28. The first-order valence-corrected chi connectivity index (χ1v) is 9.39. The number of aliphatic hydroxyl groups excluding tert-OH is 1. The number of aliphatic hydroxyl groups is 1. The highest BCUT2D eigenvalue weighted by atomic mass is 16.7. The maximum atomic E-state index is 10.9. The molecule has 0 saturated carbocycles. The molecule has 1 heterocycles. The van der Waals surface area contributed by atoms with Gasteiger partial charge >= 0.3 is 0 Å². The van der Waals surface area contributed by atoms with Gasteiger partial charge in [-0.05, 0) is 11.1 Å². The van der Waals surface area contributed by atoms with E-state index >= 15 is 0 Å². The van der Waals surface area contributed by atoms with Crippen molar-refractivity contribution in [3.05, 3.63) is 71.8 Å². The lowest BCUT2D eigenvalue weighted by molar-refractivity contribution is -0.314. The molecule has 2 unspecified atom stereocenters. The summed E-state index contributed by atoms with van der Waals surface area (Å²) in [5.41, 5.74) is 2.04. The van der Waals surface area contributed by atoms with E-state index in [-0.39, 0.29) is 12.1 Å². The Labute approximate surface area is 171 Å². The summed E-state index contributed by atoms with van der Waals surface area (Å²) in [4.78, 5) is 0. The van der Waals surface area contributed by atoms with Crippen LogP contribution in [-0.2, 0) is 36.9 Å². The third kappa shape index (κ3) is 6.32. The molecule has 0 aromatic heterocycles. The number of methoxy groups -OCH3 is 2. The minimum atomic E-state index is -0.907.